The van der Waals surface area contributed by atoms with Gasteiger partial charge in [-0.1, -0.05) is 6.42 Å². The standard InChI is InChI=1S/C19H23N5/c1-14-4-2-3-11-24(14)19(20)12-17(15-5-8-21-9-6-15)23-18-13-22-10-7-16(18)19/h5-10,13-14H,2-4,11-12,20H2,1H3. The van der Waals surface area contributed by atoms with Gasteiger partial charge in [-0.25, -0.2) is 0 Å². The number of fused-ring (bicyclic) bond motifs is 1. The molecule has 124 valence electrons. The van der Waals surface area contributed by atoms with Crippen molar-refractivity contribution in [1.29, 1.82) is 0 Å². The van der Waals surface area contributed by atoms with Crippen molar-refractivity contribution < 1.29 is 0 Å². The zero-order valence-electron chi connectivity index (χ0n) is 14.0. The highest BCUT2D eigenvalue weighted by atomic mass is 15.3. The largest absolute Gasteiger partial charge is 0.309 e. The van der Waals surface area contributed by atoms with Crippen molar-refractivity contribution in [2.24, 2.45) is 10.7 Å². The van der Waals surface area contributed by atoms with E-state index in [1.807, 2.05) is 30.6 Å². The summed E-state index contributed by atoms with van der Waals surface area (Å²) in [6.07, 6.45) is 11.6. The van der Waals surface area contributed by atoms with Crippen molar-refractivity contribution in [3.05, 3.63) is 54.1 Å². The smallest absolute Gasteiger partial charge is 0.103 e. The normalized spacial score (nSPS) is 27.4. The molecule has 4 heterocycles. The fraction of sp³-hybridized carbons (Fsp3) is 0.421. The third kappa shape index (κ3) is 2.54. The van der Waals surface area contributed by atoms with Gasteiger partial charge in [0.2, 0.25) is 0 Å². The number of rotatable bonds is 2. The predicted octanol–water partition coefficient (Wildman–Crippen LogP) is 2.99. The summed E-state index contributed by atoms with van der Waals surface area (Å²) in [4.78, 5) is 15.7. The monoisotopic (exact) mass is 321 g/mol. The van der Waals surface area contributed by atoms with Crippen LogP contribution in [-0.4, -0.2) is 33.2 Å². The Kier molecular flexibility index (Phi) is 3.90. The number of hydrogen-bond acceptors (Lipinski definition) is 5. The zero-order chi connectivity index (χ0) is 16.6. The molecular weight excluding hydrogens is 298 g/mol. The van der Waals surface area contributed by atoms with Gasteiger partial charge in [-0.3, -0.25) is 19.9 Å². The summed E-state index contributed by atoms with van der Waals surface area (Å²) in [5.41, 5.74) is 10.6. The molecule has 2 aromatic heterocycles. The Morgan fingerprint density at radius 3 is 2.71 bits per heavy atom. The van der Waals surface area contributed by atoms with Gasteiger partial charge in [-0.15, -0.1) is 0 Å². The van der Waals surface area contributed by atoms with Crippen LogP contribution in [0.5, 0.6) is 0 Å². The Morgan fingerprint density at radius 2 is 1.92 bits per heavy atom. The molecule has 2 aliphatic heterocycles. The summed E-state index contributed by atoms with van der Waals surface area (Å²) in [6, 6.07) is 6.51. The topological polar surface area (TPSA) is 67.4 Å². The summed E-state index contributed by atoms with van der Waals surface area (Å²) in [7, 11) is 0. The molecule has 0 spiro atoms. The highest BCUT2D eigenvalue weighted by molar-refractivity contribution is 6.04. The van der Waals surface area contributed by atoms with E-state index in [2.05, 4.69) is 21.8 Å². The van der Waals surface area contributed by atoms with Crippen molar-refractivity contribution in [2.45, 2.75) is 44.3 Å². The maximum atomic E-state index is 7.07. The van der Waals surface area contributed by atoms with Crippen LogP contribution in [0.4, 0.5) is 5.69 Å². The molecule has 0 bridgehead atoms. The minimum absolute atomic E-state index is 0.474. The van der Waals surface area contributed by atoms with E-state index in [1.54, 1.807) is 12.4 Å². The Bertz CT molecular complexity index is 757. The van der Waals surface area contributed by atoms with Crippen LogP contribution in [0.25, 0.3) is 0 Å². The molecule has 2 aliphatic rings. The third-order valence-corrected chi connectivity index (χ3v) is 5.29. The molecule has 4 rings (SSSR count). The van der Waals surface area contributed by atoms with Crippen LogP contribution < -0.4 is 5.73 Å². The van der Waals surface area contributed by atoms with Crippen LogP contribution in [0.3, 0.4) is 0 Å². The second kappa shape index (κ2) is 6.07. The van der Waals surface area contributed by atoms with E-state index in [4.69, 9.17) is 10.7 Å². The number of pyridine rings is 2. The lowest BCUT2D eigenvalue weighted by molar-refractivity contribution is 0.0288. The SMILES string of the molecule is CC1CCCCN1C1(N)CC(c2ccncc2)=Nc2cnccc21. The Balaban J connectivity index is 1.82. The van der Waals surface area contributed by atoms with Crippen molar-refractivity contribution in [3.8, 4) is 0 Å². The lowest BCUT2D eigenvalue weighted by atomic mass is 9.84. The average molecular weight is 321 g/mol. The summed E-state index contributed by atoms with van der Waals surface area (Å²) in [5, 5.41) is 0. The van der Waals surface area contributed by atoms with Crippen LogP contribution >= 0.6 is 0 Å². The second-order valence-corrected chi connectivity index (χ2v) is 6.83. The minimum Gasteiger partial charge on any atom is -0.309 e. The van der Waals surface area contributed by atoms with E-state index in [9.17, 15) is 0 Å². The Hall–Kier alpha value is -2.11. The van der Waals surface area contributed by atoms with E-state index >= 15 is 0 Å². The lowest BCUT2D eigenvalue weighted by Gasteiger charge is -2.48. The van der Waals surface area contributed by atoms with Gasteiger partial charge in [0.25, 0.3) is 0 Å². The zero-order valence-corrected chi connectivity index (χ0v) is 14.0. The molecule has 2 aromatic rings. The van der Waals surface area contributed by atoms with Gasteiger partial charge in [0.15, 0.2) is 0 Å². The Labute approximate surface area is 142 Å². The van der Waals surface area contributed by atoms with Crippen molar-refractivity contribution in [1.82, 2.24) is 14.9 Å². The van der Waals surface area contributed by atoms with Crippen LogP contribution in [0.15, 0.2) is 48.0 Å². The lowest BCUT2D eigenvalue weighted by Crippen LogP contribution is -2.59. The van der Waals surface area contributed by atoms with Gasteiger partial charge < -0.3 is 5.73 Å². The quantitative estimate of drug-likeness (QED) is 0.923. The predicted molar refractivity (Wildman–Crippen MR) is 95.2 cm³/mol. The summed E-state index contributed by atoms with van der Waals surface area (Å²) >= 11 is 0. The molecule has 5 nitrogen and oxygen atoms in total. The van der Waals surface area contributed by atoms with Crippen molar-refractivity contribution in [2.75, 3.05) is 6.54 Å². The molecule has 2 N–H and O–H groups in total. The van der Waals surface area contributed by atoms with E-state index in [0.29, 0.717) is 12.5 Å². The molecular formula is C19H23N5. The number of aromatic nitrogens is 2. The molecule has 1 saturated heterocycles. The van der Waals surface area contributed by atoms with E-state index in [0.717, 1.165) is 29.1 Å². The molecule has 2 atom stereocenters. The van der Waals surface area contributed by atoms with Crippen molar-refractivity contribution >= 4 is 11.4 Å². The summed E-state index contributed by atoms with van der Waals surface area (Å²) in [5.74, 6) is 0. The number of nitrogens with zero attached hydrogens (tertiary/aromatic N) is 4. The molecule has 5 heteroatoms. The van der Waals surface area contributed by atoms with Gasteiger partial charge in [0.05, 0.1) is 17.6 Å². The highest BCUT2D eigenvalue weighted by Crippen LogP contribution is 2.41. The first-order valence-corrected chi connectivity index (χ1v) is 8.66. The van der Waals surface area contributed by atoms with E-state index < -0.39 is 5.66 Å². The highest BCUT2D eigenvalue weighted by Gasteiger charge is 2.43. The number of aliphatic imine (C=N–C) groups is 1. The molecule has 0 saturated carbocycles. The molecule has 0 aliphatic carbocycles. The number of piperidine rings is 1. The van der Waals surface area contributed by atoms with E-state index in [1.165, 1.54) is 19.3 Å². The van der Waals surface area contributed by atoms with E-state index in [-0.39, 0.29) is 0 Å². The third-order valence-electron chi connectivity index (χ3n) is 5.29. The number of nitrogens with two attached hydrogens (primary N) is 1. The van der Waals surface area contributed by atoms with Gasteiger partial charge >= 0.3 is 0 Å². The molecule has 2 unspecified atom stereocenters. The molecule has 0 amide bonds. The first-order valence-electron chi connectivity index (χ1n) is 8.66. The van der Waals surface area contributed by atoms with Gasteiger partial charge in [-0.05, 0) is 43.5 Å². The van der Waals surface area contributed by atoms with Crippen LogP contribution in [0.1, 0.15) is 43.7 Å². The number of likely N-dealkylation sites (tertiary alicyclic amines) is 1. The van der Waals surface area contributed by atoms with Crippen LogP contribution in [-0.2, 0) is 5.66 Å². The Morgan fingerprint density at radius 1 is 1.12 bits per heavy atom. The second-order valence-electron chi connectivity index (χ2n) is 6.83. The van der Waals surface area contributed by atoms with Crippen LogP contribution in [0, 0.1) is 0 Å². The first-order chi connectivity index (χ1) is 11.7. The minimum atomic E-state index is -0.529. The van der Waals surface area contributed by atoms with Gasteiger partial charge in [0.1, 0.15) is 5.66 Å². The van der Waals surface area contributed by atoms with Gasteiger partial charge in [0, 0.05) is 43.2 Å². The maximum absolute atomic E-state index is 7.07. The van der Waals surface area contributed by atoms with Crippen molar-refractivity contribution in [3.63, 3.8) is 0 Å². The average Bonchev–Trinajstić information content (AvgIpc) is 2.63. The van der Waals surface area contributed by atoms with Gasteiger partial charge in [-0.2, -0.15) is 0 Å². The molecule has 24 heavy (non-hydrogen) atoms. The fourth-order valence-corrected chi connectivity index (χ4v) is 4.03. The number of hydrogen-bond donors (Lipinski definition) is 1. The maximum Gasteiger partial charge on any atom is 0.103 e. The molecule has 0 radical (unpaired) electrons. The van der Waals surface area contributed by atoms with Crippen LogP contribution in [0.2, 0.25) is 0 Å². The summed E-state index contributed by atoms with van der Waals surface area (Å²) < 4.78 is 0. The fourth-order valence-electron chi connectivity index (χ4n) is 4.03. The first kappa shape index (κ1) is 15.4. The molecule has 0 aromatic carbocycles. The summed E-state index contributed by atoms with van der Waals surface area (Å²) in [6.45, 7) is 3.32. The molecule has 1 fully saturated rings.